The van der Waals surface area contributed by atoms with Crippen molar-refractivity contribution in [2.75, 3.05) is 13.7 Å². The highest BCUT2D eigenvalue weighted by atomic mass is 32.2. The smallest absolute Gasteiger partial charge is 0.252 e. The predicted molar refractivity (Wildman–Crippen MR) is 85.9 cm³/mol. The van der Waals surface area contributed by atoms with Crippen LogP contribution in [0.15, 0.2) is 33.2 Å². The zero-order valence-corrected chi connectivity index (χ0v) is 13.9. The molecule has 1 N–H and O–H groups in total. The second kappa shape index (κ2) is 7.20. The first kappa shape index (κ1) is 16.2. The average molecular weight is 341 g/mol. The van der Waals surface area contributed by atoms with Crippen LogP contribution in [0.1, 0.15) is 16.9 Å². The molecule has 2 rings (SSSR count). The Labute approximate surface area is 132 Å². The molecule has 2 heterocycles. The molecule has 4 nitrogen and oxygen atoms in total. The molecule has 0 saturated carbocycles. The molecular formula is C14H15NO3S3. The second-order valence-corrected chi connectivity index (χ2v) is 8.49. The quantitative estimate of drug-likeness (QED) is 0.850. The number of hydrogen-bond donors (Lipinski definition) is 1. The molecule has 21 heavy (non-hydrogen) atoms. The van der Waals surface area contributed by atoms with Gasteiger partial charge in [0.1, 0.15) is 4.21 Å². The van der Waals surface area contributed by atoms with E-state index in [4.69, 9.17) is 5.11 Å². The minimum Gasteiger partial charge on any atom is -0.395 e. The summed E-state index contributed by atoms with van der Waals surface area (Å²) < 4.78 is 26.3. The number of nitrogens with zero attached hydrogens (tertiary/aromatic N) is 1. The molecule has 0 saturated heterocycles. The molecule has 0 atom stereocenters. The van der Waals surface area contributed by atoms with Crippen LogP contribution in [0.4, 0.5) is 0 Å². The Bertz CT molecular complexity index is 736. The van der Waals surface area contributed by atoms with E-state index < -0.39 is 10.0 Å². The lowest BCUT2D eigenvalue weighted by Crippen LogP contribution is -2.25. The Kier molecular flexibility index (Phi) is 5.56. The third-order valence-corrected chi connectivity index (χ3v) is 6.76. The van der Waals surface area contributed by atoms with E-state index in [0.717, 1.165) is 10.4 Å². The lowest BCUT2D eigenvalue weighted by atomic mass is 10.3. The molecule has 2 aromatic rings. The van der Waals surface area contributed by atoms with Crippen molar-refractivity contribution < 1.29 is 13.5 Å². The van der Waals surface area contributed by atoms with E-state index in [1.165, 1.54) is 27.0 Å². The average Bonchev–Trinajstić information content (AvgIpc) is 3.10. The number of aliphatic hydroxyl groups excluding tert-OH is 1. The lowest BCUT2D eigenvalue weighted by Gasteiger charge is -2.14. The van der Waals surface area contributed by atoms with Crippen molar-refractivity contribution in [3.63, 3.8) is 0 Å². The first-order valence-corrected chi connectivity index (χ1v) is 9.41. The zero-order valence-electron chi connectivity index (χ0n) is 11.4. The van der Waals surface area contributed by atoms with Crippen LogP contribution in [-0.2, 0) is 16.6 Å². The largest absolute Gasteiger partial charge is 0.395 e. The van der Waals surface area contributed by atoms with Gasteiger partial charge in [0, 0.05) is 35.8 Å². The predicted octanol–water partition coefficient (Wildman–Crippen LogP) is 2.36. The normalized spacial score (nSPS) is 11.4. The van der Waals surface area contributed by atoms with Crippen molar-refractivity contribution in [2.45, 2.75) is 17.2 Å². The topological polar surface area (TPSA) is 57.6 Å². The summed E-state index contributed by atoms with van der Waals surface area (Å²) >= 11 is 2.70. The molecule has 0 bridgehead atoms. The Balaban J connectivity index is 2.07. The van der Waals surface area contributed by atoms with Crippen LogP contribution in [0, 0.1) is 11.8 Å². The van der Waals surface area contributed by atoms with Crippen LogP contribution in [0.3, 0.4) is 0 Å². The molecule has 2 aromatic heterocycles. The Hall–Kier alpha value is -1.17. The molecule has 0 amide bonds. The van der Waals surface area contributed by atoms with Gasteiger partial charge >= 0.3 is 0 Å². The van der Waals surface area contributed by atoms with Crippen LogP contribution < -0.4 is 0 Å². The fraction of sp³-hybridized carbons (Fsp3) is 0.286. The Morgan fingerprint density at radius 2 is 2.19 bits per heavy atom. The van der Waals surface area contributed by atoms with Crippen molar-refractivity contribution >= 4 is 32.7 Å². The molecule has 0 unspecified atom stereocenters. The molecule has 0 radical (unpaired) electrons. The maximum atomic E-state index is 12.3. The van der Waals surface area contributed by atoms with Crippen molar-refractivity contribution in [3.05, 3.63) is 39.4 Å². The summed E-state index contributed by atoms with van der Waals surface area (Å²) in [7, 11) is -1.84. The molecule has 112 valence electrons. The van der Waals surface area contributed by atoms with E-state index in [9.17, 15) is 8.42 Å². The standard InChI is InChI=1S/C14H15NO3S3/c1-15(21(17,18)14-6-4-8-19-14)10-13-9-12(11-20-13)5-2-3-7-16/h4,6,8-9,11,16H,3,7,10H2,1H3. The van der Waals surface area contributed by atoms with E-state index in [1.54, 1.807) is 24.6 Å². The van der Waals surface area contributed by atoms with Crippen LogP contribution in [-0.4, -0.2) is 31.5 Å². The third-order valence-electron chi connectivity index (χ3n) is 2.66. The van der Waals surface area contributed by atoms with E-state index in [1.807, 2.05) is 11.4 Å². The second-order valence-electron chi connectivity index (χ2n) is 4.27. The molecule has 0 fully saturated rings. The van der Waals surface area contributed by atoms with Crippen LogP contribution in [0.5, 0.6) is 0 Å². The molecular weight excluding hydrogens is 326 g/mol. The number of hydrogen-bond acceptors (Lipinski definition) is 5. The number of aliphatic hydroxyl groups is 1. The van der Waals surface area contributed by atoms with Gasteiger partial charge in [0.2, 0.25) is 0 Å². The van der Waals surface area contributed by atoms with Crippen LogP contribution >= 0.6 is 22.7 Å². The monoisotopic (exact) mass is 341 g/mol. The SMILES string of the molecule is CN(Cc1cc(C#CCCO)cs1)S(=O)(=O)c1cccs1. The molecule has 7 heteroatoms. The fourth-order valence-corrected chi connectivity index (χ4v) is 4.92. The van der Waals surface area contributed by atoms with Gasteiger partial charge in [-0.25, -0.2) is 8.42 Å². The molecule has 0 aliphatic heterocycles. The summed E-state index contributed by atoms with van der Waals surface area (Å²) in [6.07, 6.45) is 0.442. The van der Waals surface area contributed by atoms with Crippen molar-refractivity contribution in [1.29, 1.82) is 0 Å². The summed E-state index contributed by atoms with van der Waals surface area (Å²) in [5, 5.41) is 12.3. The van der Waals surface area contributed by atoms with Crippen molar-refractivity contribution in [3.8, 4) is 11.8 Å². The lowest BCUT2D eigenvalue weighted by molar-refractivity contribution is 0.305. The Morgan fingerprint density at radius 1 is 1.38 bits per heavy atom. The first-order chi connectivity index (χ1) is 10.0. The zero-order chi connectivity index (χ0) is 15.3. The van der Waals surface area contributed by atoms with Gasteiger partial charge in [-0.15, -0.1) is 22.7 Å². The van der Waals surface area contributed by atoms with Gasteiger partial charge in [0.05, 0.1) is 6.61 Å². The van der Waals surface area contributed by atoms with Gasteiger partial charge in [-0.2, -0.15) is 4.31 Å². The van der Waals surface area contributed by atoms with Crippen LogP contribution in [0.25, 0.3) is 0 Å². The minimum absolute atomic E-state index is 0.0474. The Morgan fingerprint density at radius 3 is 2.86 bits per heavy atom. The first-order valence-electron chi connectivity index (χ1n) is 6.21. The summed E-state index contributed by atoms with van der Waals surface area (Å²) in [6.45, 7) is 0.373. The third kappa shape index (κ3) is 4.15. The van der Waals surface area contributed by atoms with E-state index in [2.05, 4.69) is 11.8 Å². The van der Waals surface area contributed by atoms with Gasteiger partial charge in [-0.05, 0) is 17.5 Å². The molecule has 0 spiro atoms. The fourth-order valence-electron chi connectivity index (χ4n) is 1.62. The number of rotatable bonds is 5. The highest BCUT2D eigenvalue weighted by Gasteiger charge is 2.22. The van der Waals surface area contributed by atoms with Gasteiger partial charge < -0.3 is 5.11 Å². The van der Waals surface area contributed by atoms with E-state index >= 15 is 0 Å². The number of sulfonamides is 1. The van der Waals surface area contributed by atoms with E-state index in [-0.39, 0.29) is 6.61 Å². The molecule has 0 aliphatic carbocycles. The van der Waals surface area contributed by atoms with Crippen LogP contribution in [0.2, 0.25) is 0 Å². The highest BCUT2D eigenvalue weighted by Crippen LogP contribution is 2.23. The van der Waals surface area contributed by atoms with Gasteiger partial charge in [-0.1, -0.05) is 17.9 Å². The highest BCUT2D eigenvalue weighted by molar-refractivity contribution is 7.91. The summed E-state index contributed by atoms with van der Waals surface area (Å²) in [5.74, 6) is 5.79. The number of thiophene rings is 2. The maximum absolute atomic E-state index is 12.3. The van der Waals surface area contributed by atoms with Gasteiger partial charge in [0.25, 0.3) is 10.0 Å². The maximum Gasteiger partial charge on any atom is 0.252 e. The summed E-state index contributed by atoms with van der Waals surface area (Å²) in [4.78, 5) is 0.936. The molecule has 0 aliphatic rings. The molecule has 0 aromatic carbocycles. The summed E-state index contributed by atoms with van der Waals surface area (Å²) in [6, 6.07) is 5.22. The van der Waals surface area contributed by atoms with E-state index in [0.29, 0.717) is 17.2 Å². The van der Waals surface area contributed by atoms with Gasteiger partial charge in [-0.3, -0.25) is 0 Å². The van der Waals surface area contributed by atoms with Crippen molar-refractivity contribution in [2.24, 2.45) is 0 Å². The summed E-state index contributed by atoms with van der Waals surface area (Å²) in [5.41, 5.74) is 0.852. The van der Waals surface area contributed by atoms with Gasteiger partial charge in [0.15, 0.2) is 0 Å². The van der Waals surface area contributed by atoms with Crippen molar-refractivity contribution in [1.82, 2.24) is 4.31 Å². The minimum atomic E-state index is -3.42.